The van der Waals surface area contributed by atoms with Crippen LogP contribution in [0.2, 0.25) is 10.0 Å². The standard InChI is InChI=1S/C12H12Cl2F3NO3S/c1-22(20,21)18-7-11(19,12(15,16)17)5-4-8-2-3-9(13)10(14)6-8/h2-6,18-19H,7H2,1H3. The van der Waals surface area contributed by atoms with Crippen LogP contribution in [0.15, 0.2) is 24.3 Å². The molecule has 0 aromatic heterocycles. The molecule has 1 unspecified atom stereocenters. The van der Waals surface area contributed by atoms with Crippen LogP contribution in [0.4, 0.5) is 13.2 Å². The van der Waals surface area contributed by atoms with Gasteiger partial charge in [-0.05, 0) is 23.8 Å². The Kier molecular flexibility index (Phi) is 5.91. The summed E-state index contributed by atoms with van der Waals surface area (Å²) in [5.74, 6) is 0. The van der Waals surface area contributed by atoms with Crippen LogP contribution in [0.25, 0.3) is 6.08 Å². The van der Waals surface area contributed by atoms with Crippen LogP contribution in [0.5, 0.6) is 0 Å². The molecule has 124 valence electrons. The first-order valence-electron chi connectivity index (χ1n) is 5.72. The molecule has 10 heteroatoms. The van der Waals surface area contributed by atoms with E-state index in [0.29, 0.717) is 12.3 Å². The number of hydrogen-bond acceptors (Lipinski definition) is 3. The lowest BCUT2D eigenvalue weighted by Crippen LogP contribution is -2.51. The van der Waals surface area contributed by atoms with Crippen molar-refractivity contribution in [2.75, 3.05) is 12.8 Å². The molecule has 1 atom stereocenters. The second kappa shape index (κ2) is 6.76. The largest absolute Gasteiger partial charge is 0.422 e. The van der Waals surface area contributed by atoms with E-state index < -0.39 is 28.3 Å². The van der Waals surface area contributed by atoms with Gasteiger partial charge in [0.25, 0.3) is 0 Å². The molecule has 0 aliphatic heterocycles. The summed E-state index contributed by atoms with van der Waals surface area (Å²) in [6.45, 7) is -1.24. The minimum Gasteiger partial charge on any atom is -0.376 e. The number of hydrogen-bond donors (Lipinski definition) is 2. The maximum absolute atomic E-state index is 12.9. The molecule has 0 heterocycles. The molecular formula is C12H12Cl2F3NO3S. The lowest BCUT2D eigenvalue weighted by molar-refractivity contribution is -0.236. The molecular weight excluding hydrogens is 366 g/mol. The quantitative estimate of drug-likeness (QED) is 0.828. The number of aliphatic hydroxyl groups is 1. The number of alkyl halides is 3. The zero-order valence-electron chi connectivity index (χ0n) is 11.2. The maximum atomic E-state index is 12.9. The average Bonchev–Trinajstić information content (AvgIpc) is 2.35. The number of rotatable bonds is 5. The Morgan fingerprint density at radius 3 is 2.32 bits per heavy atom. The van der Waals surface area contributed by atoms with Gasteiger partial charge in [0.1, 0.15) is 0 Å². The fraction of sp³-hybridized carbons (Fsp3) is 0.333. The van der Waals surface area contributed by atoms with Gasteiger partial charge in [0.05, 0.1) is 22.8 Å². The van der Waals surface area contributed by atoms with Crippen LogP contribution in [-0.4, -0.2) is 38.1 Å². The summed E-state index contributed by atoms with van der Waals surface area (Å²) in [6.07, 6.45) is -2.96. The Hall–Kier alpha value is -0.800. The van der Waals surface area contributed by atoms with Gasteiger partial charge in [-0.1, -0.05) is 35.3 Å². The van der Waals surface area contributed by atoms with Crippen molar-refractivity contribution < 1.29 is 26.7 Å². The van der Waals surface area contributed by atoms with Gasteiger partial charge in [0.2, 0.25) is 10.0 Å². The van der Waals surface area contributed by atoms with E-state index in [-0.39, 0.29) is 15.6 Å². The summed E-state index contributed by atoms with van der Waals surface area (Å²) < 4.78 is 62.3. The van der Waals surface area contributed by atoms with E-state index in [4.69, 9.17) is 23.2 Å². The summed E-state index contributed by atoms with van der Waals surface area (Å²) in [5.41, 5.74) is -3.10. The van der Waals surface area contributed by atoms with E-state index in [2.05, 4.69) is 0 Å². The van der Waals surface area contributed by atoms with Crippen LogP contribution in [0.3, 0.4) is 0 Å². The Morgan fingerprint density at radius 2 is 1.86 bits per heavy atom. The SMILES string of the molecule is CS(=O)(=O)NCC(O)(C=Cc1ccc(Cl)c(Cl)c1)C(F)(F)F. The zero-order valence-corrected chi connectivity index (χ0v) is 13.5. The minimum absolute atomic E-state index is 0.133. The first kappa shape index (κ1) is 19.2. The molecule has 1 rings (SSSR count). The van der Waals surface area contributed by atoms with Crippen LogP contribution >= 0.6 is 23.2 Å². The van der Waals surface area contributed by atoms with Crippen molar-refractivity contribution in [1.82, 2.24) is 4.72 Å². The summed E-state index contributed by atoms with van der Waals surface area (Å²) in [5, 5.41) is 10.1. The molecule has 4 nitrogen and oxygen atoms in total. The molecule has 0 bridgehead atoms. The summed E-state index contributed by atoms with van der Waals surface area (Å²) in [7, 11) is -3.90. The highest BCUT2D eigenvalue weighted by Gasteiger charge is 2.52. The number of halogens is 5. The molecule has 0 saturated heterocycles. The fourth-order valence-electron chi connectivity index (χ4n) is 1.34. The van der Waals surface area contributed by atoms with Gasteiger partial charge >= 0.3 is 6.18 Å². The van der Waals surface area contributed by atoms with E-state index >= 15 is 0 Å². The molecule has 2 N–H and O–H groups in total. The van der Waals surface area contributed by atoms with Crippen molar-refractivity contribution >= 4 is 39.3 Å². The maximum Gasteiger partial charge on any atom is 0.422 e. The van der Waals surface area contributed by atoms with Crippen molar-refractivity contribution in [3.63, 3.8) is 0 Å². The van der Waals surface area contributed by atoms with Crippen LogP contribution in [-0.2, 0) is 10.0 Å². The molecule has 0 aliphatic rings. The molecule has 22 heavy (non-hydrogen) atoms. The Labute approximate surface area is 135 Å². The zero-order chi connectivity index (χ0) is 17.2. The monoisotopic (exact) mass is 377 g/mol. The Balaban J connectivity index is 3.07. The third kappa shape index (κ3) is 5.44. The molecule has 0 aliphatic carbocycles. The molecule has 0 radical (unpaired) electrons. The third-order valence-corrected chi connectivity index (χ3v) is 4.00. The smallest absolute Gasteiger partial charge is 0.376 e. The van der Waals surface area contributed by atoms with Crippen molar-refractivity contribution in [2.45, 2.75) is 11.8 Å². The van der Waals surface area contributed by atoms with E-state index in [0.717, 1.165) is 6.08 Å². The summed E-state index contributed by atoms with van der Waals surface area (Å²) in [4.78, 5) is 0. The predicted molar refractivity (Wildman–Crippen MR) is 79.3 cm³/mol. The van der Waals surface area contributed by atoms with Gasteiger partial charge in [-0.2, -0.15) is 13.2 Å². The highest BCUT2D eigenvalue weighted by Crippen LogP contribution is 2.32. The topological polar surface area (TPSA) is 66.4 Å². The van der Waals surface area contributed by atoms with E-state index in [9.17, 15) is 26.7 Å². The van der Waals surface area contributed by atoms with Gasteiger partial charge in [-0.3, -0.25) is 0 Å². The average molecular weight is 378 g/mol. The lowest BCUT2D eigenvalue weighted by Gasteiger charge is -2.27. The van der Waals surface area contributed by atoms with Crippen LogP contribution in [0, 0.1) is 0 Å². The third-order valence-electron chi connectivity index (χ3n) is 2.59. The first-order valence-corrected chi connectivity index (χ1v) is 8.37. The number of nitrogens with one attached hydrogen (secondary N) is 1. The Morgan fingerprint density at radius 1 is 1.27 bits per heavy atom. The number of sulfonamides is 1. The van der Waals surface area contributed by atoms with Crippen molar-refractivity contribution in [1.29, 1.82) is 0 Å². The van der Waals surface area contributed by atoms with Crippen LogP contribution in [0.1, 0.15) is 5.56 Å². The highest BCUT2D eigenvalue weighted by molar-refractivity contribution is 7.88. The van der Waals surface area contributed by atoms with Crippen molar-refractivity contribution in [2.24, 2.45) is 0 Å². The summed E-state index contributed by atoms with van der Waals surface area (Å²) >= 11 is 11.4. The highest BCUT2D eigenvalue weighted by atomic mass is 35.5. The molecule has 0 saturated carbocycles. The molecule has 0 spiro atoms. The fourth-order valence-corrected chi connectivity index (χ4v) is 2.13. The van der Waals surface area contributed by atoms with Gasteiger partial charge in [-0.25, -0.2) is 13.1 Å². The second-order valence-electron chi connectivity index (χ2n) is 4.52. The molecule has 0 fully saturated rings. The number of benzene rings is 1. The van der Waals surface area contributed by atoms with Gasteiger partial charge in [0, 0.05) is 0 Å². The van der Waals surface area contributed by atoms with E-state index in [1.165, 1.54) is 18.2 Å². The van der Waals surface area contributed by atoms with Crippen LogP contribution < -0.4 is 4.72 Å². The van der Waals surface area contributed by atoms with Gasteiger partial charge in [0.15, 0.2) is 5.60 Å². The van der Waals surface area contributed by atoms with Gasteiger partial charge in [-0.15, -0.1) is 0 Å². The van der Waals surface area contributed by atoms with Crippen molar-refractivity contribution in [3.05, 3.63) is 39.9 Å². The normalized spacial score (nSPS) is 16.0. The second-order valence-corrected chi connectivity index (χ2v) is 7.17. The van der Waals surface area contributed by atoms with Crippen molar-refractivity contribution in [3.8, 4) is 0 Å². The lowest BCUT2D eigenvalue weighted by atomic mass is 10.0. The predicted octanol–water partition coefficient (Wildman–Crippen LogP) is 2.85. The molecule has 1 aromatic rings. The van der Waals surface area contributed by atoms with E-state index in [1.54, 1.807) is 4.72 Å². The Bertz CT molecular complexity index is 677. The van der Waals surface area contributed by atoms with E-state index in [1.807, 2.05) is 0 Å². The van der Waals surface area contributed by atoms with Gasteiger partial charge < -0.3 is 5.11 Å². The first-order chi connectivity index (χ1) is 9.84. The molecule has 1 aromatic carbocycles. The molecule has 0 amide bonds. The minimum atomic E-state index is -5.07. The summed E-state index contributed by atoms with van der Waals surface area (Å²) in [6, 6.07) is 4.08.